The molecule has 0 amide bonds. The minimum atomic E-state index is -4.37. The molecule has 0 heterocycles. The molecule has 9 heteroatoms. The molecule has 114 valence electrons. The zero-order chi connectivity index (χ0) is 15.2. The number of thioether (sulfide) groups is 1. The van der Waals surface area contributed by atoms with Crippen LogP contribution in [0.5, 0.6) is 0 Å². The van der Waals surface area contributed by atoms with E-state index < -0.39 is 29.2 Å². The number of nitrogens with two attached hydrogens (primary N) is 1. The van der Waals surface area contributed by atoms with Crippen LogP contribution in [-0.2, 0) is 10.0 Å². The average molecular weight is 328 g/mol. The van der Waals surface area contributed by atoms with Crippen LogP contribution >= 0.6 is 11.8 Å². The van der Waals surface area contributed by atoms with Crippen LogP contribution in [-0.4, -0.2) is 32.6 Å². The summed E-state index contributed by atoms with van der Waals surface area (Å²) in [6.45, 7) is -0.635. The number of halogens is 3. The topological polar surface area (TPSA) is 72.2 Å². The van der Waals surface area contributed by atoms with Gasteiger partial charge in [0.05, 0.1) is 12.2 Å². The Labute approximate surface area is 120 Å². The van der Waals surface area contributed by atoms with E-state index in [-0.39, 0.29) is 11.5 Å². The van der Waals surface area contributed by atoms with Crippen LogP contribution in [0.15, 0.2) is 29.2 Å². The number of nitrogen functional groups attached to an aromatic ring is 1. The van der Waals surface area contributed by atoms with E-state index in [0.717, 1.165) is 4.90 Å². The normalized spacial score (nSPS) is 12.6. The van der Waals surface area contributed by atoms with Crippen molar-refractivity contribution in [3.05, 3.63) is 24.3 Å². The summed E-state index contributed by atoms with van der Waals surface area (Å²) in [7, 11) is -3.70. The summed E-state index contributed by atoms with van der Waals surface area (Å²) in [6.07, 6.45) is -5.54. The molecule has 0 saturated carbocycles. The molecule has 0 fully saturated rings. The Morgan fingerprint density at radius 1 is 1.25 bits per heavy atom. The number of anilines is 1. The molecule has 1 aromatic rings. The zero-order valence-electron chi connectivity index (χ0n) is 10.5. The van der Waals surface area contributed by atoms with E-state index in [1.807, 2.05) is 4.72 Å². The molecule has 0 aromatic heterocycles. The molecule has 0 saturated heterocycles. The third kappa shape index (κ3) is 7.01. The van der Waals surface area contributed by atoms with Gasteiger partial charge in [0.2, 0.25) is 10.0 Å². The average Bonchev–Trinajstić information content (AvgIpc) is 2.29. The maximum Gasteiger partial charge on any atom is 0.390 e. The summed E-state index contributed by atoms with van der Waals surface area (Å²) in [5, 5.41) is 0. The summed E-state index contributed by atoms with van der Waals surface area (Å²) in [5.74, 6) is -0.0422. The van der Waals surface area contributed by atoms with Gasteiger partial charge in [-0.2, -0.15) is 13.2 Å². The van der Waals surface area contributed by atoms with Gasteiger partial charge in [0.25, 0.3) is 0 Å². The lowest BCUT2D eigenvalue weighted by atomic mass is 10.3. The quantitative estimate of drug-likeness (QED) is 0.595. The fraction of sp³-hybridized carbons (Fsp3) is 0.455. The van der Waals surface area contributed by atoms with E-state index in [2.05, 4.69) is 0 Å². The first-order valence-corrected chi connectivity index (χ1v) is 8.35. The Bertz CT molecular complexity index is 533. The van der Waals surface area contributed by atoms with Gasteiger partial charge in [-0.05, 0) is 12.1 Å². The molecular weight excluding hydrogens is 313 g/mol. The van der Waals surface area contributed by atoms with Crippen LogP contribution in [0, 0.1) is 0 Å². The molecular formula is C11H15F3N2O2S2. The highest BCUT2D eigenvalue weighted by Gasteiger charge is 2.27. The van der Waals surface area contributed by atoms with Crippen LogP contribution in [0.3, 0.4) is 0 Å². The summed E-state index contributed by atoms with van der Waals surface area (Å²) in [6, 6.07) is 6.98. The maximum atomic E-state index is 11.9. The second-order valence-corrected chi connectivity index (χ2v) is 7.03. The lowest BCUT2D eigenvalue weighted by Crippen LogP contribution is -2.30. The minimum absolute atomic E-state index is 0.218. The van der Waals surface area contributed by atoms with Crippen LogP contribution < -0.4 is 10.5 Å². The Balaban J connectivity index is 2.35. The van der Waals surface area contributed by atoms with Crippen molar-refractivity contribution in [1.29, 1.82) is 0 Å². The standard InChI is InChI=1S/C11H15F3N2O2S2/c12-11(13,14)5-6-16-20(17,18)8-7-19-10-4-2-1-3-9(10)15/h1-4,16H,5-8,15H2. The fourth-order valence-electron chi connectivity index (χ4n) is 1.29. The van der Waals surface area contributed by atoms with Gasteiger partial charge in [0.15, 0.2) is 0 Å². The van der Waals surface area contributed by atoms with Gasteiger partial charge in [0.1, 0.15) is 0 Å². The van der Waals surface area contributed by atoms with Crippen molar-refractivity contribution in [1.82, 2.24) is 4.72 Å². The van der Waals surface area contributed by atoms with Crippen molar-refractivity contribution >= 4 is 27.5 Å². The van der Waals surface area contributed by atoms with Gasteiger partial charge in [0, 0.05) is 22.9 Å². The lowest BCUT2D eigenvalue weighted by Gasteiger charge is -2.09. The third-order valence-electron chi connectivity index (χ3n) is 2.26. The first-order valence-electron chi connectivity index (χ1n) is 5.71. The molecule has 4 nitrogen and oxygen atoms in total. The van der Waals surface area contributed by atoms with Gasteiger partial charge >= 0.3 is 6.18 Å². The van der Waals surface area contributed by atoms with E-state index in [1.165, 1.54) is 11.8 Å². The van der Waals surface area contributed by atoms with Gasteiger partial charge in [-0.15, -0.1) is 11.8 Å². The third-order valence-corrected chi connectivity index (χ3v) is 4.99. The number of rotatable bonds is 7. The molecule has 0 unspecified atom stereocenters. The number of para-hydroxylation sites is 1. The summed E-state index contributed by atoms with van der Waals surface area (Å²) < 4.78 is 60.5. The van der Waals surface area contributed by atoms with E-state index in [4.69, 9.17) is 5.73 Å². The summed E-state index contributed by atoms with van der Waals surface area (Å²) in [5.41, 5.74) is 6.23. The Morgan fingerprint density at radius 3 is 2.50 bits per heavy atom. The highest BCUT2D eigenvalue weighted by Crippen LogP contribution is 2.24. The number of alkyl halides is 3. The Kier molecular flexibility index (Phi) is 6.15. The number of hydrogen-bond donors (Lipinski definition) is 2. The molecule has 0 radical (unpaired) electrons. The van der Waals surface area contributed by atoms with Crippen molar-refractivity contribution in [2.24, 2.45) is 0 Å². The molecule has 0 spiro atoms. The van der Waals surface area contributed by atoms with E-state index in [9.17, 15) is 21.6 Å². The van der Waals surface area contributed by atoms with Crippen LogP contribution in [0.4, 0.5) is 18.9 Å². The second kappa shape index (κ2) is 7.19. The molecule has 3 N–H and O–H groups in total. The smallest absolute Gasteiger partial charge is 0.390 e. The zero-order valence-corrected chi connectivity index (χ0v) is 12.1. The van der Waals surface area contributed by atoms with Crippen molar-refractivity contribution in [2.45, 2.75) is 17.5 Å². The largest absolute Gasteiger partial charge is 0.398 e. The van der Waals surface area contributed by atoms with Gasteiger partial charge < -0.3 is 5.73 Å². The molecule has 0 aliphatic heterocycles. The number of hydrogen-bond acceptors (Lipinski definition) is 4. The Morgan fingerprint density at radius 2 is 1.90 bits per heavy atom. The molecule has 1 aromatic carbocycles. The van der Waals surface area contributed by atoms with Gasteiger partial charge in [-0.3, -0.25) is 0 Å². The van der Waals surface area contributed by atoms with Crippen LogP contribution in [0.25, 0.3) is 0 Å². The summed E-state index contributed by atoms with van der Waals surface area (Å²) in [4.78, 5) is 0.748. The van der Waals surface area contributed by atoms with Crippen molar-refractivity contribution in [3.8, 4) is 0 Å². The van der Waals surface area contributed by atoms with Crippen molar-refractivity contribution in [3.63, 3.8) is 0 Å². The van der Waals surface area contributed by atoms with E-state index >= 15 is 0 Å². The molecule has 0 bridgehead atoms. The predicted octanol–water partition coefficient (Wildman–Crippen LogP) is 2.23. The van der Waals surface area contributed by atoms with Gasteiger partial charge in [-0.25, -0.2) is 13.1 Å². The first kappa shape index (κ1) is 17.1. The number of sulfonamides is 1. The number of benzene rings is 1. The maximum absolute atomic E-state index is 11.9. The number of nitrogens with one attached hydrogen (secondary N) is 1. The first-order chi connectivity index (χ1) is 9.20. The minimum Gasteiger partial charge on any atom is -0.398 e. The predicted molar refractivity (Wildman–Crippen MR) is 74.0 cm³/mol. The molecule has 0 aliphatic rings. The van der Waals surface area contributed by atoms with Crippen LogP contribution in [0.2, 0.25) is 0 Å². The SMILES string of the molecule is Nc1ccccc1SCCS(=O)(=O)NCCC(F)(F)F. The monoisotopic (exact) mass is 328 g/mol. The molecule has 0 atom stereocenters. The van der Waals surface area contributed by atoms with Crippen molar-refractivity contribution in [2.75, 3.05) is 23.8 Å². The lowest BCUT2D eigenvalue weighted by molar-refractivity contribution is -0.132. The molecule has 20 heavy (non-hydrogen) atoms. The Hall–Kier alpha value is -0.930. The van der Waals surface area contributed by atoms with E-state index in [0.29, 0.717) is 5.69 Å². The van der Waals surface area contributed by atoms with Crippen LogP contribution in [0.1, 0.15) is 6.42 Å². The highest BCUT2D eigenvalue weighted by atomic mass is 32.2. The highest BCUT2D eigenvalue weighted by molar-refractivity contribution is 8.00. The van der Waals surface area contributed by atoms with E-state index in [1.54, 1.807) is 24.3 Å². The summed E-state index contributed by atoms with van der Waals surface area (Å²) >= 11 is 1.25. The van der Waals surface area contributed by atoms with Gasteiger partial charge in [-0.1, -0.05) is 12.1 Å². The van der Waals surface area contributed by atoms with Crippen molar-refractivity contribution < 1.29 is 21.6 Å². The molecule has 0 aliphatic carbocycles. The fourth-order valence-corrected chi connectivity index (χ4v) is 3.69. The second-order valence-electron chi connectivity index (χ2n) is 3.96. The molecule has 1 rings (SSSR count).